The molecular weight excluding hydrogens is 655 g/mol. The fourth-order valence-electron chi connectivity index (χ4n) is 7.78. The van der Waals surface area contributed by atoms with Gasteiger partial charge in [-0.2, -0.15) is 0 Å². The van der Waals surface area contributed by atoms with Crippen molar-refractivity contribution in [2.24, 2.45) is 0 Å². The Morgan fingerprint density at radius 2 is 0.722 bits per heavy atom. The highest BCUT2D eigenvalue weighted by molar-refractivity contribution is 6.18. The number of anilines is 3. The van der Waals surface area contributed by atoms with Crippen LogP contribution in [0.5, 0.6) is 0 Å². The molecule has 0 amide bonds. The van der Waals surface area contributed by atoms with Gasteiger partial charge in [0.25, 0.3) is 0 Å². The van der Waals surface area contributed by atoms with E-state index in [2.05, 4.69) is 217 Å². The van der Waals surface area contributed by atoms with Crippen molar-refractivity contribution in [3.05, 3.63) is 212 Å². The number of fused-ring (bicyclic) bond motifs is 4. The Labute approximate surface area is 314 Å². The monoisotopic (exact) mass is 689 g/mol. The van der Waals surface area contributed by atoms with Gasteiger partial charge >= 0.3 is 0 Å². The van der Waals surface area contributed by atoms with E-state index in [0.29, 0.717) is 0 Å². The van der Waals surface area contributed by atoms with E-state index < -0.39 is 0 Å². The molecule has 0 saturated carbocycles. The molecule has 0 aliphatic carbocycles. The molecule has 0 aliphatic heterocycles. The molecule has 0 bridgehead atoms. The quantitative estimate of drug-likeness (QED) is 0.166. The largest absolute Gasteiger partial charge is 0.456 e. The van der Waals surface area contributed by atoms with Crippen LogP contribution in [0, 0.1) is 0 Å². The van der Waals surface area contributed by atoms with Crippen LogP contribution in [0.25, 0.3) is 77.2 Å². The Balaban J connectivity index is 1.22. The normalized spacial score (nSPS) is 11.3. The molecule has 0 spiro atoms. The lowest BCUT2D eigenvalue weighted by Crippen LogP contribution is -2.11. The molecule has 10 rings (SSSR count). The minimum absolute atomic E-state index is 0.866. The molecule has 0 fully saturated rings. The SMILES string of the molecule is c1ccc(-c2ccc(-c3c(N(c4ccc(-c5ccccc5)cc4)c4ccc(-c5ccccc5)cc4)ccc4oc5cc6ccccc6cc5c34)cc2)cc1. The lowest BCUT2D eigenvalue weighted by Gasteiger charge is -2.29. The summed E-state index contributed by atoms with van der Waals surface area (Å²) in [6.45, 7) is 0. The first-order valence-corrected chi connectivity index (χ1v) is 18.4. The van der Waals surface area contributed by atoms with Gasteiger partial charge in [0.2, 0.25) is 0 Å². The van der Waals surface area contributed by atoms with E-state index in [9.17, 15) is 0 Å². The van der Waals surface area contributed by atoms with Gasteiger partial charge in [-0.05, 0) is 98.2 Å². The molecule has 0 unspecified atom stereocenters. The molecule has 1 heterocycles. The maximum Gasteiger partial charge on any atom is 0.136 e. The van der Waals surface area contributed by atoms with E-state index in [-0.39, 0.29) is 0 Å². The van der Waals surface area contributed by atoms with Gasteiger partial charge in [0.05, 0.1) is 5.69 Å². The maximum absolute atomic E-state index is 6.67. The molecule has 0 saturated heterocycles. The second kappa shape index (κ2) is 13.4. The second-order valence-corrected chi connectivity index (χ2v) is 13.7. The minimum Gasteiger partial charge on any atom is -0.456 e. The average Bonchev–Trinajstić information content (AvgIpc) is 3.61. The van der Waals surface area contributed by atoms with E-state index >= 15 is 0 Å². The van der Waals surface area contributed by atoms with Crippen LogP contribution < -0.4 is 4.90 Å². The zero-order valence-corrected chi connectivity index (χ0v) is 29.6. The lowest BCUT2D eigenvalue weighted by atomic mass is 9.93. The summed E-state index contributed by atoms with van der Waals surface area (Å²) in [5.74, 6) is 0. The Morgan fingerprint density at radius 1 is 0.315 bits per heavy atom. The molecule has 1 aromatic heterocycles. The Bertz CT molecular complexity index is 2790. The van der Waals surface area contributed by atoms with Crippen LogP contribution in [-0.2, 0) is 0 Å². The molecule has 0 atom stereocenters. The standard InChI is InChI=1S/C52H35NO/c1-4-12-36(13-5-1)39-20-22-42(23-21-39)51-48(32-33-49-52(51)47-34-43-18-10-11-19-44(43)35-50(47)54-49)53(45-28-24-40(25-29-45)37-14-6-2-7-15-37)46-30-26-41(27-31-46)38-16-8-3-9-17-38/h1-35H. The Hall–Kier alpha value is -7.16. The van der Waals surface area contributed by atoms with E-state index in [1.54, 1.807) is 0 Å². The molecule has 2 nitrogen and oxygen atoms in total. The van der Waals surface area contributed by atoms with Gasteiger partial charge in [0, 0.05) is 27.7 Å². The van der Waals surface area contributed by atoms with Gasteiger partial charge < -0.3 is 9.32 Å². The van der Waals surface area contributed by atoms with E-state index in [4.69, 9.17) is 4.42 Å². The van der Waals surface area contributed by atoms with Gasteiger partial charge in [-0.25, -0.2) is 0 Å². The number of rotatable bonds is 7. The summed E-state index contributed by atoms with van der Waals surface area (Å²) in [7, 11) is 0. The number of benzene rings is 9. The summed E-state index contributed by atoms with van der Waals surface area (Å²) in [5, 5.41) is 4.56. The first kappa shape index (κ1) is 31.6. The van der Waals surface area contributed by atoms with Crippen molar-refractivity contribution in [3.63, 3.8) is 0 Å². The fourth-order valence-corrected chi connectivity index (χ4v) is 7.78. The fraction of sp³-hybridized carbons (Fsp3) is 0. The Kier molecular flexibility index (Phi) is 7.85. The van der Waals surface area contributed by atoms with E-state index in [0.717, 1.165) is 55.5 Å². The van der Waals surface area contributed by atoms with Crippen molar-refractivity contribution >= 4 is 49.8 Å². The van der Waals surface area contributed by atoms with Crippen LogP contribution in [0.2, 0.25) is 0 Å². The van der Waals surface area contributed by atoms with Gasteiger partial charge in [-0.1, -0.05) is 164 Å². The summed E-state index contributed by atoms with van der Waals surface area (Å²) in [6, 6.07) is 75.9. The molecule has 10 aromatic rings. The van der Waals surface area contributed by atoms with E-state index in [1.165, 1.54) is 38.8 Å². The minimum atomic E-state index is 0.866. The zero-order chi connectivity index (χ0) is 35.8. The first-order chi connectivity index (χ1) is 26.8. The van der Waals surface area contributed by atoms with Crippen LogP contribution in [0.1, 0.15) is 0 Å². The van der Waals surface area contributed by atoms with Gasteiger partial charge in [-0.15, -0.1) is 0 Å². The lowest BCUT2D eigenvalue weighted by molar-refractivity contribution is 0.669. The summed E-state index contributed by atoms with van der Waals surface area (Å²) in [6.07, 6.45) is 0. The molecule has 254 valence electrons. The highest BCUT2D eigenvalue weighted by Gasteiger charge is 2.23. The van der Waals surface area contributed by atoms with Crippen LogP contribution in [0.15, 0.2) is 217 Å². The van der Waals surface area contributed by atoms with E-state index in [1.807, 2.05) is 0 Å². The molecule has 2 heteroatoms. The smallest absolute Gasteiger partial charge is 0.136 e. The van der Waals surface area contributed by atoms with Gasteiger partial charge in [-0.3, -0.25) is 0 Å². The third kappa shape index (κ3) is 5.71. The van der Waals surface area contributed by atoms with Gasteiger partial charge in [0.15, 0.2) is 0 Å². The highest BCUT2D eigenvalue weighted by atomic mass is 16.3. The number of nitrogens with zero attached hydrogens (tertiary/aromatic N) is 1. The molecule has 0 N–H and O–H groups in total. The third-order valence-corrected chi connectivity index (χ3v) is 10.5. The van der Waals surface area contributed by atoms with Crippen molar-refractivity contribution in [2.45, 2.75) is 0 Å². The molecule has 0 radical (unpaired) electrons. The number of hydrogen-bond donors (Lipinski definition) is 0. The van der Waals surface area contributed by atoms with Crippen molar-refractivity contribution in [1.29, 1.82) is 0 Å². The first-order valence-electron chi connectivity index (χ1n) is 18.4. The van der Waals surface area contributed by atoms with Crippen LogP contribution in [0.4, 0.5) is 17.1 Å². The summed E-state index contributed by atoms with van der Waals surface area (Å²) in [4.78, 5) is 2.39. The topological polar surface area (TPSA) is 16.4 Å². The van der Waals surface area contributed by atoms with Crippen LogP contribution in [0.3, 0.4) is 0 Å². The molecule has 54 heavy (non-hydrogen) atoms. The number of hydrogen-bond acceptors (Lipinski definition) is 2. The van der Waals surface area contributed by atoms with Crippen LogP contribution >= 0.6 is 0 Å². The van der Waals surface area contributed by atoms with Crippen molar-refractivity contribution in [2.75, 3.05) is 4.90 Å². The molecular formula is C52H35NO. The second-order valence-electron chi connectivity index (χ2n) is 13.7. The maximum atomic E-state index is 6.67. The zero-order valence-electron chi connectivity index (χ0n) is 29.6. The third-order valence-electron chi connectivity index (χ3n) is 10.5. The summed E-state index contributed by atoms with van der Waals surface area (Å²) >= 11 is 0. The van der Waals surface area contributed by atoms with Gasteiger partial charge in [0.1, 0.15) is 11.2 Å². The highest BCUT2D eigenvalue weighted by Crippen LogP contribution is 2.48. The molecule has 9 aromatic carbocycles. The van der Waals surface area contributed by atoms with Crippen molar-refractivity contribution in [3.8, 4) is 44.5 Å². The number of furan rings is 1. The average molecular weight is 690 g/mol. The molecule has 0 aliphatic rings. The van der Waals surface area contributed by atoms with Crippen LogP contribution in [-0.4, -0.2) is 0 Å². The Morgan fingerprint density at radius 3 is 1.22 bits per heavy atom. The van der Waals surface area contributed by atoms with Crippen molar-refractivity contribution < 1.29 is 4.42 Å². The summed E-state index contributed by atoms with van der Waals surface area (Å²) in [5.41, 5.74) is 14.3. The predicted octanol–water partition coefficient (Wildman–Crippen LogP) is 14.9. The van der Waals surface area contributed by atoms with Crippen molar-refractivity contribution in [1.82, 2.24) is 0 Å². The predicted molar refractivity (Wildman–Crippen MR) is 228 cm³/mol. The summed E-state index contributed by atoms with van der Waals surface area (Å²) < 4.78 is 6.67.